The number of nitrogens with one attached hydrogen (secondary N) is 1. The number of aromatic nitrogens is 1. The van der Waals surface area contributed by atoms with Crippen LogP contribution < -0.4 is 9.62 Å². The summed E-state index contributed by atoms with van der Waals surface area (Å²) in [6.07, 6.45) is 4.27. The maximum Gasteiger partial charge on any atom is 0.270 e. The number of carbonyl (C=O) groups excluding carboxylic acids is 1. The van der Waals surface area contributed by atoms with Crippen LogP contribution in [0.25, 0.3) is 0 Å². The van der Waals surface area contributed by atoms with Crippen molar-refractivity contribution < 1.29 is 17.6 Å². The molecule has 1 aromatic carbocycles. The summed E-state index contributed by atoms with van der Waals surface area (Å²) < 4.78 is 41.1. The first-order chi connectivity index (χ1) is 13.5. The molecular formula is C19H14FN3O3S2. The molecule has 0 bridgehead atoms. The Morgan fingerprint density at radius 3 is 2.82 bits per heavy atom. The number of Topliss-reactive ketones (excluding diaryl/α,β-unsaturated/α-hetero) is 1. The smallest absolute Gasteiger partial charge is 0.270 e. The van der Waals surface area contributed by atoms with Gasteiger partial charge in [0, 0.05) is 12.4 Å². The molecule has 1 N–H and O–H groups in total. The Kier molecular flexibility index (Phi) is 4.70. The fraction of sp³-hybridized carbons (Fsp3) is 0.0526. The predicted molar refractivity (Wildman–Crippen MR) is 106 cm³/mol. The first kappa shape index (κ1) is 18.3. The van der Waals surface area contributed by atoms with E-state index in [0.29, 0.717) is 21.8 Å². The van der Waals surface area contributed by atoms with Gasteiger partial charge >= 0.3 is 0 Å². The highest BCUT2D eigenvalue weighted by Crippen LogP contribution is 2.39. The second-order valence-corrected chi connectivity index (χ2v) is 8.75. The Morgan fingerprint density at radius 2 is 2.07 bits per heavy atom. The van der Waals surface area contributed by atoms with Crippen LogP contribution in [0.2, 0.25) is 0 Å². The fourth-order valence-corrected chi connectivity index (χ4v) is 5.34. The minimum atomic E-state index is -4.13. The van der Waals surface area contributed by atoms with E-state index in [0.717, 1.165) is 4.31 Å². The van der Waals surface area contributed by atoms with Crippen LogP contribution in [0.15, 0.2) is 71.3 Å². The number of allylic oxidation sites excluding steroid dienone is 1. The van der Waals surface area contributed by atoms with Crippen molar-refractivity contribution in [2.24, 2.45) is 0 Å². The lowest BCUT2D eigenvalue weighted by molar-refractivity contribution is 0.104. The number of pyridine rings is 1. The van der Waals surface area contributed by atoms with Crippen LogP contribution in [0, 0.1) is 5.82 Å². The zero-order chi connectivity index (χ0) is 19.7. The van der Waals surface area contributed by atoms with Gasteiger partial charge in [-0.1, -0.05) is 12.1 Å². The maximum atomic E-state index is 13.5. The molecule has 0 amide bonds. The van der Waals surface area contributed by atoms with E-state index in [1.54, 1.807) is 35.8 Å². The molecule has 1 aliphatic rings. The van der Waals surface area contributed by atoms with Gasteiger partial charge in [0.1, 0.15) is 10.7 Å². The van der Waals surface area contributed by atoms with Gasteiger partial charge in [-0.3, -0.25) is 14.1 Å². The number of halogens is 1. The third-order valence-electron chi connectivity index (χ3n) is 4.16. The Balaban J connectivity index is 1.76. The van der Waals surface area contributed by atoms with Gasteiger partial charge in [-0.05, 0) is 41.3 Å². The van der Waals surface area contributed by atoms with Gasteiger partial charge < -0.3 is 5.32 Å². The summed E-state index contributed by atoms with van der Waals surface area (Å²) in [4.78, 5) is 16.7. The van der Waals surface area contributed by atoms with Crippen LogP contribution in [-0.4, -0.2) is 19.2 Å². The standard InChI is InChI=1S/C19H14FN3O3S2/c20-14-4-1-3-13(9-14)12-23-16-6-8-27-19(16)18(24)17(28(23,25)26)11-22-15-5-2-7-21-10-15/h1-11,22H,12H2. The van der Waals surface area contributed by atoms with Crippen molar-refractivity contribution in [3.05, 3.63) is 87.6 Å². The number of hydrogen-bond donors (Lipinski definition) is 1. The van der Waals surface area contributed by atoms with E-state index < -0.39 is 21.6 Å². The average Bonchev–Trinajstić information content (AvgIpc) is 3.15. The van der Waals surface area contributed by atoms with Gasteiger partial charge in [0.25, 0.3) is 10.0 Å². The molecule has 0 fully saturated rings. The van der Waals surface area contributed by atoms with Crippen molar-refractivity contribution in [1.82, 2.24) is 4.98 Å². The number of carbonyl (C=O) groups is 1. The molecule has 3 heterocycles. The second kappa shape index (κ2) is 7.17. The highest BCUT2D eigenvalue weighted by molar-refractivity contribution is 7.97. The quantitative estimate of drug-likeness (QED) is 0.656. The van der Waals surface area contributed by atoms with Crippen LogP contribution in [-0.2, 0) is 16.6 Å². The molecule has 0 saturated carbocycles. The van der Waals surface area contributed by atoms with E-state index in [9.17, 15) is 17.6 Å². The topological polar surface area (TPSA) is 79.4 Å². The summed E-state index contributed by atoms with van der Waals surface area (Å²) in [5.41, 5.74) is 1.33. The minimum Gasteiger partial charge on any atom is -0.359 e. The number of benzene rings is 1. The molecular weight excluding hydrogens is 401 g/mol. The number of sulfonamides is 1. The molecule has 0 radical (unpaired) electrons. The largest absolute Gasteiger partial charge is 0.359 e. The number of fused-ring (bicyclic) bond motifs is 1. The number of ketones is 1. The zero-order valence-electron chi connectivity index (χ0n) is 14.4. The van der Waals surface area contributed by atoms with Crippen molar-refractivity contribution >= 4 is 38.5 Å². The molecule has 3 aromatic rings. The Hall–Kier alpha value is -3.04. The highest BCUT2D eigenvalue weighted by Gasteiger charge is 2.41. The van der Waals surface area contributed by atoms with E-state index in [1.165, 1.54) is 41.9 Å². The third-order valence-corrected chi connectivity index (χ3v) is 6.83. The SMILES string of the molecule is O=C1C(=CNc2cccnc2)S(=O)(=O)N(Cc2cccc(F)c2)c2ccsc21. The average molecular weight is 415 g/mol. The minimum absolute atomic E-state index is 0.0820. The molecule has 6 nitrogen and oxygen atoms in total. The lowest BCUT2D eigenvalue weighted by Gasteiger charge is -2.29. The van der Waals surface area contributed by atoms with Gasteiger partial charge in [0.05, 0.1) is 24.1 Å². The molecule has 0 unspecified atom stereocenters. The number of nitrogens with zero attached hydrogens (tertiary/aromatic N) is 2. The van der Waals surface area contributed by atoms with Crippen molar-refractivity contribution in [2.75, 3.05) is 9.62 Å². The summed E-state index contributed by atoms with van der Waals surface area (Å²) >= 11 is 1.17. The second-order valence-electron chi connectivity index (χ2n) is 6.00. The summed E-state index contributed by atoms with van der Waals surface area (Å²) in [5.74, 6) is -1.03. The van der Waals surface area contributed by atoms with E-state index in [4.69, 9.17) is 0 Å². The molecule has 4 rings (SSSR count). The van der Waals surface area contributed by atoms with Crippen LogP contribution >= 0.6 is 11.3 Å². The fourth-order valence-electron chi connectivity index (χ4n) is 2.85. The third kappa shape index (κ3) is 3.30. The molecule has 0 atom stereocenters. The van der Waals surface area contributed by atoms with Crippen molar-refractivity contribution in [2.45, 2.75) is 6.54 Å². The first-order valence-electron chi connectivity index (χ1n) is 8.23. The summed E-state index contributed by atoms with van der Waals surface area (Å²) in [5, 5.41) is 4.47. The van der Waals surface area contributed by atoms with Crippen molar-refractivity contribution in [1.29, 1.82) is 0 Å². The predicted octanol–water partition coefficient (Wildman–Crippen LogP) is 3.77. The maximum absolute atomic E-state index is 13.5. The number of anilines is 2. The molecule has 0 spiro atoms. The van der Waals surface area contributed by atoms with Gasteiger partial charge in [0.15, 0.2) is 4.91 Å². The molecule has 0 aliphatic carbocycles. The number of hydrogen-bond acceptors (Lipinski definition) is 6. The lowest BCUT2D eigenvalue weighted by Crippen LogP contribution is -2.38. The van der Waals surface area contributed by atoms with E-state index >= 15 is 0 Å². The Labute approximate surface area is 165 Å². The molecule has 28 heavy (non-hydrogen) atoms. The van der Waals surface area contributed by atoms with Crippen molar-refractivity contribution in [3.63, 3.8) is 0 Å². The van der Waals surface area contributed by atoms with Gasteiger partial charge in [-0.25, -0.2) is 12.8 Å². The van der Waals surface area contributed by atoms with Gasteiger partial charge in [0.2, 0.25) is 5.78 Å². The Morgan fingerprint density at radius 1 is 1.21 bits per heavy atom. The number of thiophene rings is 1. The van der Waals surface area contributed by atoms with E-state index in [2.05, 4.69) is 10.3 Å². The molecule has 0 saturated heterocycles. The van der Waals surface area contributed by atoms with Crippen LogP contribution in [0.5, 0.6) is 0 Å². The van der Waals surface area contributed by atoms with Crippen LogP contribution in [0.4, 0.5) is 15.8 Å². The highest BCUT2D eigenvalue weighted by atomic mass is 32.2. The zero-order valence-corrected chi connectivity index (χ0v) is 16.0. The van der Waals surface area contributed by atoms with E-state index in [-0.39, 0.29) is 11.4 Å². The molecule has 9 heteroatoms. The van der Waals surface area contributed by atoms with Crippen molar-refractivity contribution in [3.8, 4) is 0 Å². The monoisotopic (exact) mass is 415 g/mol. The summed E-state index contributed by atoms with van der Waals surface area (Å²) in [6.45, 7) is -0.0820. The molecule has 1 aliphatic heterocycles. The van der Waals surface area contributed by atoms with Crippen LogP contribution in [0.3, 0.4) is 0 Å². The lowest BCUT2D eigenvalue weighted by atomic mass is 10.2. The van der Waals surface area contributed by atoms with Gasteiger partial charge in [-0.15, -0.1) is 11.3 Å². The van der Waals surface area contributed by atoms with Gasteiger partial charge in [-0.2, -0.15) is 0 Å². The number of rotatable bonds is 4. The van der Waals surface area contributed by atoms with E-state index in [1.807, 2.05) is 0 Å². The van der Waals surface area contributed by atoms with Crippen LogP contribution in [0.1, 0.15) is 15.2 Å². The Bertz CT molecular complexity index is 1170. The first-order valence-corrected chi connectivity index (χ1v) is 10.5. The molecule has 2 aromatic heterocycles. The summed E-state index contributed by atoms with van der Waals surface area (Å²) in [7, 11) is -4.13. The normalized spacial score (nSPS) is 16.8. The molecule has 142 valence electrons. The summed E-state index contributed by atoms with van der Waals surface area (Å²) in [6, 6.07) is 10.7.